The number of imide groups is 1. The van der Waals surface area contributed by atoms with E-state index in [4.69, 9.17) is 0 Å². The van der Waals surface area contributed by atoms with Crippen molar-refractivity contribution in [1.82, 2.24) is 29.8 Å². The van der Waals surface area contributed by atoms with Gasteiger partial charge in [-0.15, -0.1) is 5.10 Å². The number of hydrogen-bond donors (Lipinski definition) is 2. The van der Waals surface area contributed by atoms with E-state index in [0.717, 1.165) is 16.5 Å². The number of fused-ring (bicyclic) bond motifs is 2. The number of aromatic nitrogens is 4. The van der Waals surface area contributed by atoms with E-state index in [1.165, 1.54) is 15.8 Å². The molecule has 11 nitrogen and oxygen atoms in total. The molecule has 2 aromatic heterocycles. The van der Waals surface area contributed by atoms with E-state index in [2.05, 4.69) is 20.9 Å². The summed E-state index contributed by atoms with van der Waals surface area (Å²) in [7, 11) is 1.91. The number of carbonyl (C=O) groups excluding carboxylic acids is 4. The molecule has 11 heteroatoms. The van der Waals surface area contributed by atoms with Crippen molar-refractivity contribution < 1.29 is 19.2 Å². The SMILES string of the molecule is Cn1cc(NC(=O)c2cn(-c3ccc4c(c3)C(=O)N(C3CCC(=O)NC3=O)C4)nn2)c2ccccc21. The molecule has 1 atom stereocenters. The van der Waals surface area contributed by atoms with E-state index in [0.29, 0.717) is 23.4 Å². The fourth-order valence-corrected chi connectivity index (χ4v) is 4.81. The summed E-state index contributed by atoms with van der Waals surface area (Å²) in [4.78, 5) is 51.2. The number of amides is 4. The number of para-hydroxylation sites is 1. The van der Waals surface area contributed by atoms with Crippen molar-refractivity contribution >= 4 is 40.2 Å². The highest BCUT2D eigenvalue weighted by Gasteiger charge is 2.39. The number of aryl methyl sites for hydroxylation is 1. The molecule has 2 aliphatic rings. The summed E-state index contributed by atoms with van der Waals surface area (Å²) in [6.07, 6.45) is 3.84. The molecule has 2 aliphatic heterocycles. The zero-order chi connectivity index (χ0) is 25.0. The van der Waals surface area contributed by atoms with Crippen LogP contribution in [0, 0.1) is 0 Å². The monoisotopic (exact) mass is 483 g/mol. The minimum absolute atomic E-state index is 0.125. The van der Waals surface area contributed by atoms with Gasteiger partial charge in [0.2, 0.25) is 11.8 Å². The van der Waals surface area contributed by atoms with Crippen molar-refractivity contribution in [3.63, 3.8) is 0 Å². The van der Waals surface area contributed by atoms with Gasteiger partial charge >= 0.3 is 0 Å². The van der Waals surface area contributed by atoms with Gasteiger partial charge in [0, 0.05) is 42.7 Å². The van der Waals surface area contributed by atoms with Crippen molar-refractivity contribution in [2.24, 2.45) is 7.05 Å². The molecule has 4 amide bonds. The molecule has 180 valence electrons. The summed E-state index contributed by atoms with van der Waals surface area (Å²) in [6.45, 7) is 0.288. The van der Waals surface area contributed by atoms with Crippen LogP contribution in [0.15, 0.2) is 54.9 Å². The van der Waals surface area contributed by atoms with Gasteiger partial charge in [-0.05, 0) is 30.2 Å². The van der Waals surface area contributed by atoms with Crippen molar-refractivity contribution in [1.29, 1.82) is 0 Å². The smallest absolute Gasteiger partial charge is 0.277 e. The van der Waals surface area contributed by atoms with Gasteiger partial charge in [-0.2, -0.15) is 0 Å². The molecule has 1 fully saturated rings. The highest BCUT2D eigenvalue weighted by molar-refractivity contribution is 6.08. The Balaban J connectivity index is 1.22. The van der Waals surface area contributed by atoms with Gasteiger partial charge in [-0.25, -0.2) is 4.68 Å². The summed E-state index contributed by atoms with van der Waals surface area (Å²) in [5.74, 6) is -1.46. The standard InChI is InChI=1S/C25H21N7O4/c1-30-12-18(16-4-2-3-5-20(16)30)26-23(34)19-13-32(29-28-19)15-7-6-14-11-31(25(36)17(14)10-15)21-8-9-22(33)27-24(21)35/h2-7,10,12-13,21H,8-9,11H2,1H3,(H,26,34)(H,27,33,35). The first-order chi connectivity index (χ1) is 17.4. The molecule has 1 saturated heterocycles. The molecule has 0 saturated carbocycles. The maximum absolute atomic E-state index is 13.1. The van der Waals surface area contributed by atoms with Crippen molar-refractivity contribution in [3.8, 4) is 5.69 Å². The normalized spacial score (nSPS) is 17.4. The molecule has 36 heavy (non-hydrogen) atoms. The Morgan fingerprint density at radius 3 is 2.78 bits per heavy atom. The Hall–Kier alpha value is -4.80. The van der Waals surface area contributed by atoms with Gasteiger partial charge in [0.1, 0.15) is 6.04 Å². The van der Waals surface area contributed by atoms with Crippen LogP contribution in [0.5, 0.6) is 0 Å². The number of piperidine rings is 1. The van der Waals surface area contributed by atoms with Crippen LogP contribution in [0.3, 0.4) is 0 Å². The van der Waals surface area contributed by atoms with E-state index < -0.39 is 17.9 Å². The number of hydrogen-bond acceptors (Lipinski definition) is 6. The Morgan fingerprint density at radius 1 is 1.11 bits per heavy atom. The molecule has 2 aromatic carbocycles. The predicted octanol–water partition coefficient (Wildman–Crippen LogP) is 1.77. The lowest BCUT2D eigenvalue weighted by Gasteiger charge is -2.29. The van der Waals surface area contributed by atoms with Crippen molar-refractivity contribution in [2.45, 2.75) is 25.4 Å². The molecule has 4 aromatic rings. The molecule has 6 rings (SSSR count). The van der Waals surface area contributed by atoms with Crippen molar-refractivity contribution in [3.05, 3.63) is 71.7 Å². The number of anilines is 1. The Kier molecular flexibility index (Phi) is 4.92. The quantitative estimate of drug-likeness (QED) is 0.426. The Morgan fingerprint density at radius 2 is 1.94 bits per heavy atom. The largest absolute Gasteiger partial charge is 0.348 e. The van der Waals surface area contributed by atoms with E-state index in [1.54, 1.807) is 18.2 Å². The summed E-state index contributed by atoms with van der Waals surface area (Å²) in [5, 5.41) is 14.2. The first-order valence-corrected chi connectivity index (χ1v) is 11.4. The van der Waals surface area contributed by atoms with Crippen LogP contribution in [0.4, 0.5) is 5.69 Å². The molecule has 0 bridgehead atoms. The lowest BCUT2D eigenvalue weighted by molar-refractivity contribution is -0.136. The third kappa shape index (κ3) is 3.52. The minimum Gasteiger partial charge on any atom is -0.348 e. The van der Waals surface area contributed by atoms with E-state index >= 15 is 0 Å². The summed E-state index contributed by atoms with van der Waals surface area (Å²) < 4.78 is 3.36. The maximum atomic E-state index is 13.1. The van der Waals surface area contributed by atoms with Crippen LogP contribution in [0.1, 0.15) is 39.3 Å². The van der Waals surface area contributed by atoms with E-state index in [9.17, 15) is 19.2 Å². The number of nitrogens with zero attached hydrogens (tertiary/aromatic N) is 5. The molecule has 1 unspecified atom stereocenters. The molecular formula is C25H21N7O4. The summed E-state index contributed by atoms with van der Waals surface area (Å²) in [6, 6.07) is 12.3. The zero-order valence-corrected chi connectivity index (χ0v) is 19.3. The second-order valence-corrected chi connectivity index (χ2v) is 8.91. The topological polar surface area (TPSA) is 131 Å². The van der Waals surface area contributed by atoms with Gasteiger partial charge in [0.25, 0.3) is 11.8 Å². The van der Waals surface area contributed by atoms with Crippen molar-refractivity contribution in [2.75, 3.05) is 5.32 Å². The third-order valence-corrected chi connectivity index (χ3v) is 6.65. The summed E-state index contributed by atoms with van der Waals surface area (Å²) >= 11 is 0. The first kappa shape index (κ1) is 21.7. The molecule has 0 radical (unpaired) electrons. The van der Waals surface area contributed by atoms with Crippen LogP contribution in [0.25, 0.3) is 16.6 Å². The van der Waals surface area contributed by atoms with Crippen LogP contribution in [-0.2, 0) is 23.2 Å². The number of benzene rings is 2. The van der Waals surface area contributed by atoms with E-state index in [-0.39, 0.29) is 30.5 Å². The highest BCUT2D eigenvalue weighted by atomic mass is 16.2. The molecular weight excluding hydrogens is 462 g/mol. The van der Waals surface area contributed by atoms with Crippen LogP contribution >= 0.6 is 0 Å². The fourth-order valence-electron chi connectivity index (χ4n) is 4.81. The molecule has 0 spiro atoms. The second-order valence-electron chi connectivity index (χ2n) is 8.91. The predicted molar refractivity (Wildman–Crippen MR) is 128 cm³/mol. The number of rotatable bonds is 4. The zero-order valence-electron chi connectivity index (χ0n) is 19.3. The Bertz CT molecular complexity index is 1580. The first-order valence-electron chi connectivity index (χ1n) is 11.4. The van der Waals surface area contributed by atoms with Crippen LogP contribution < -0.4 is 10.6 Å². The van der Waals surface area contributed by atoms with E-state index in [1.807, 2.05) is 42.1 Å². The lowest BCUT2D eigenvalue weighted by atomic mass is 10.0. The maximum Gasteiger partial charge on any atom is 0.277 e. The fraction of sp³-hybridized carbons (Fsp3) is 0.200. The van der Waals surface area contributed by atoms with Gasteiger partial charge in [0.15, 0.2) is 5.69 Å². The van der Waals surface area contributed by atoms with Gasteiger partial charge in [0.05, 0.1) is 17.6 Å². The number of nitrogens with one attached hydrogen (secondary N) is 2. The average Bonchev–Trinajstić information content (AvgIpc) is 3.56. The lowest BCUT2D eigenvalue weighted by Crippen LogP contribution is -2.52. The Labute approximate surface area is 204 Å². The molecule has 0 aliphatic carbocycles. The van der Waals surface area contributed by atoms with Crippen LogP contribution in [0.2, 0.25) is 0 Å². The number of carbonyl (C=O) groups is 4. The van der Waals surface area contributed by atoms with Gasteiger partial charge in [-0.3, -0.25) is 24.5 Å². The molecule has 2 N–H and O–H groups in total. The second kappa shape index (κ2) is 8.15. The highest BCUT2D eigenvalue weighted by Crippen LogP contribution is 2.29. The minimum atomic E-state index is -0.679. The third-order valence-electron chi connectivity index (χ3n) is 6.65. The molecule has 4 heterocycles. The van der Waals surface area contributed by atoms with Gasteiger partial charge in [-0.1, -0.05) is 29.5 Å². The van der Waals surface area contributed by atoms with Gasteiger partial charge < -0.3 is 14.8 Å². The average molecular weight is 483 g/mol. The van der Waals surface area contributed by atoms with Crippen LogP contribution in [-0.4, -0.2) is 54.1 Å². The summed E-state index contributed by atoms with van der Waals surface area (Å²) in [5.41, 5.74) is 3.58.